The maximum atomic E-state index is 12.8. The molecule has 0 aliphatic carbocycles. The zero-order valence-electron chi connectivity index (χ0n) is 21.2. The van der Waals surface area contributed by atoms with Crippen LogP contribution in [-0.2, 0) is 32.1 Å². The fourth-order valence-electron chi connectivity index (χ4n) is 3.32. The van der Waals surface area contributed by atoms with Crippen LogP contribution < -0.4 is 16.8 Å². The maximum absolute atomic E-state index is 12.8. The van der Waals surface area contributed by atoms with Crippen LogP contribution in [0, 0.1) is 0 Å². The maximum Gasteiger partial charge on any atom is 0.490 e. The number of carboxylic acid groups (broad SMARTS) is 2. The molecule has 41 heavy (non-hydrogen) atoms. The van der Waals surface area contributed by atoms with Gasteiger partial charge in [-0.15, -0.1) is 0 Å². The lowest BCUT2D eigenvalue weighted by atomic mass is 10.1. The number of anilines is 1. The smallest absolute Gasteiger partial charge is 0.475 e. The van der Waals surface area contributed by atoms with Crippen LogP contribution in [0.25, 0.3) is 0 Å². The molecule has 1 aliphatic heterocycles. The lowest BCUT2D eigenvalue weighted by Gasteiger charge is -2.26. The number of nitrogens with zero attached hydrogens (tertiary/aromatic N) is 2. The number of likely N-dealkylation sites (tertiary alicyclic amines) is 1. The van der Waals surface area contributed by atoms with Gasteiger partial charge in [0.15, 0.2) is 0 Å². The van der Waals surface area contributed by atoms with Crippen LogP contribution >= 0.6 is 0 Å². The van der Waals surface area contributed by atoms with Crippen molar-refractivity contribution in [1.29, 1.82) is 0 Å². The van der Waals surface area contributed by atoms with E-state index < -0.39 is 36.4 Å². The Morgan fingerprint density at radius 1 is 0.951 bits per heavy atom. The number of aromatic nitrogens is 1. The average molecular weight is 595 g/mol. The van der Waals surface area contributed by atoms with E-state index in [1.807, 2.05) is 36.4 Å². The van der Waals surface area contributed by atoms with Gasteiger partial charge < -0.3 is 31.9 Å². The van der Waals surface area contributed by atoms with Crippen molar-refractivity contribution < 1.29 is 55.7 Å². The van der Waals surface area contributed by atoms with E-state index in [0.29, 0.717) is 31.7 Å². The number of carboxylic acids is 2. The van der Waals surface area contributed by atoms with Crippen molar-refractivity contribution in [3.05, 3.63) is 59.8 Å². The van der Waals surface area contributed by atoms with E-state index in [2.05, 4.69) is 10.3 Å². The van der Waals surface area contributed by atoms with Crippen LogP contribution in [0.4, 0.5) is 32.2 Å². The summed E-state index contributed by atoms with van der Waals surface area (Å²) in [5, 5.41) is 17.1. The molecule has 2 aromatic rings. The van der Waals surface area contributed by atoms with Crippen molar-refractivity contribution in [2.75, 3.05) is 12.3 Å². The highest BCUT2D eigenvalue weighted by atomic mass is 19.4. The molecule has 0 unspecified atom stereocenters. The summed E-state index contributed by atoms with van der Waals surface area (Å²) in [6, 6.07) is 12.0. The first kappa shape index (κ1) is 34.6. The van der Waals surface area contributed by atoms with Crippen LogP contribution in [0.3, 0.4) is 0 Å². The van der Waals surface area contributed by atoms with E-state index >= 15 is 0 Å². The number of halogens is 6. The topological polar surface area (TPSA) is 189 Å². The van der Waals surface area contributed by atoms with E-state index in [-0.39, 0.29) is 11.8 Å². The van der Waals surface area contributed by atoms with Crippen molar-refractivity contribution in [1.82, 2.24) is 15.2 Å². The molecule has 1 aromatic carbocycles. The number of rotatable bonds is 6. The molecule has 0 spiro atoms. The lowest BCUT2D eigenvalue weighted by molar-refractivity contribution is -0.193. The Hall–Kier alpha value is -4.41. The first-order valence-corrected chi connectivity index (χ1v) is 11.6. The Morgan fingerprint density at radius 2 is 1.49 bits per heavy atom. The number of benzene rings is 1. The zero-order chi connectivity index (χ0) is 31.4. The molecule has 0 saturated carbocycles. The Bertz CT molecular complexity index is 1140. The van der Waals surface area contributed by atoms with E-state index in [9.17, 15) is 35.9 Å². The van der Waals surface area contributed by atoms with Gasteiger partial charge in [-0.3, -0.25) is 9.59 Å². The number of alkyl halides is 6. The summed E-state index contributed by atoms with van der Waals surface area (Å²) in [7, 11) is 0. The molecule has 1 fully saturated rings. The highest BCUT2D eigenvalue weighted by molar-refractivity contribution is 5.90. The van der Waals surface area contributed by atoms with Gasteiger partial charge >= 0.3 is 24.3 Å². The zero-order valence-corrected chi connectivity index (χ0v) is 21.2. The van der Waals surface area contributed by atoms with Crippen LogP contribution in [-0.4, -0.2) is 74.8 Å². The molecule has 1 saturated heterocycles. The van der Waals surface area contributed by atoms with Crippen molar-refractivity contribution >= 4 is 29.6 Å². The number of nitrogens with two attached hydrogens (primary N) is 2. The predicted octanol–water partition coefficient (Wildman–Crippen LogP) is 2.11. The second kappa shape index (κ2) is 15.4. The van der Waals surface area contributed by atoms with Gasteiger partial charge in [0.25, 0.3) is 0 Å². The Kier molecular flexibility index (Phi) is 13.0. The fourth-order valence-corrected chi connectivity index (χ4v) is 3.32. The minimum absolute atomic E-state index is 0.162. The first-order valence-electron chi connectivity index (χ1n) is 11.6. The Morgan fingerprint density at radius 3 is 1.95 bits per heavy atom. The highest BCUT2D eigenvalue weighted by Crippen LogP contribution is 2.19. The van der Waals surface area contributed by atoms with Gasteiger partial charge in [-0.25, -0.2) is 14.6 Å². The molecule has 2 amide bonds. The fraction of sp³-hybridized carbons (Fsp3) is 0.375. The molecule has 2 atom stereocenters. The minimum atomic E-state index is -5.08. The molecule has 226 valence electrons. The normalized spacial score (nSPS) is 15.4. The minimum Gasteiger partial charge on any atom is -0.475 e. The molecule has 3 rings (SSSR count). The van der Waals surface area contributed by atoms with E-state index in [4.69, 9.17) is 31.3 Å². The highest BCUT2D eigenvalue weighted by Gasteiger charge is 2.39. The van der Waals surface area contributed by atoms with Gasteiger partial charge in [-0.2, -0.15) is 26.3 Å². The molecule has 7 N–H and O–H groups in total. The molecule has 2 heterocycles. The first-order chi connectivity index (χ1) is 18.9. The molecule has 0 bridgehead atoms. The Balaban J connectivity index is 0.000000497. The van der Waals surface area contributed by atoms with Gasteiger partial charge in [0.1, 0.15) is 11.9 Å². The number of pyridine rings is 1. The SMILES string of the molecule is Nc1ccc(CNC(=O)[C@@H]2CCCN2C(=O)[C@H](N)Cc2ccccc2)cn1.O=C(O)C(F)(F)F.O=C(O)C(F)(F)F. The summed E-state index contributed by atoms with van der Waals surface area (Å²) in [5.74, 6) is -5.42. The summed E-state index contributed by atoms with van der Waals surface area (Å²) in [4.78, 5) is 48.8. The van der Waals surface area contributed by atoms with Crippen LogP contribution in [0.1, 0.15) is 24.0 Å². The quantitative estimate of drug-likeness (QED) is 0.312. The summed E-state index contributed by atoms with van der Waals surface area (Å²) >= 11 is 0. The van der Waals surface area contributed by atoms with Crippen molar-refractivity contribution in [2.45, 2.75) is 50.2 Å². The van der Waals surface area contributed by atoms with Crippen LogP contribution in [0.2, 0.25) is 0 Å². The molecule has 0 radical (unpaired) electrons. The number of hydrogen-bond acceptors (Lipinski definition) is 7. The van der Waals surface area contributed by atoms with Gasteiger partial charge in [0.05, 0.1) is 6.04 Å². The number of carbonyl (C=O) groups excluding carboxylic acids is 2. The third kappa shape index (κ3) is 12.5. The van der Waals surface area contributed by atoms with Crippen molar-refractivity contribution in [2.24, 2.45) is 5.73 Å². The predicted molar refractivity (Wildman–Crippen MR) is 131 cm³/mol. The molecule has 1 aliphatic rings. The molecule has 17 heteroatoms. The molecule has 11 nitrogen and oxygen atoms in total. The number of amides is 2. The summed E-state index contributed by atoms with van der Waals surface area (Å²) in [6.07, 6.45) is -6.63. The lowest BCUT2D eigenvalue weighted by Crippen LogP contribution is -2.51. The van der Waals surface area contributed by atoms with Gasteiger partial charge in [-0.1, -0.05) is 36.4 Å². The standard InChI is InChI=1S/C20H25N5O2.2C2HF3O2/c21-16(11-14-5-2-1-3-6-14)20(27)25-10-4-7-17(25)19(26)24-13-15-8-9-18(22)23-12-15;2*3-2(4,5)1(6)7/h1-3,5-6,8-9,12,16-17H,4,7,10-11,13,21H2,(H2,22,23)(H,24,26);2*(H,6,7)/t16-,17+;;/m1../s1. The Labute approximate surface area is 229 Å². The number of aliphatic carboxylic acids is 2. The van der Waals surface area contributed by atoms with Crippen LogP contribution in [0.15, 0.2) is 48.7 Å². The summed E-state index contributed by atoms with van der Waals surface area (Å²) < 4.78 is 63.5. The summed E-state index contributed by atoms with van der Waals surface area (Å²) in [6.45, 7) is 0.906. The third-order valence-corrected chi connectivity index (χ3v) is 5.25. The summed E-state index contributed by atoms with van der Waals surface area (Å²) in [5.41, 5.74) is 13.6. The van der Waals surface area contributed by atoms with E-state index in [1.54, 1.807) is 17.2 Å². The van der Waals surface area contributed by atoms with Crippen molar-refractivity contribution in [3.8, 4) is 0 Å². The number of nitrogens with one attached hydrogen (secondary N) is 1. The van der Waals surface area contributed by atoms with Gasteiger partial charge in [0, 0.05) is 19.3 Å². The van der Waals surface area contributed by atoms with Crippen molar-refractivity contribution in [3.63, 3.8) is 0 Å². The van der Waals surface area contributed by atoms with Gasteiger partial charge in [-0.05, 0) is 36.5 Å². The van der Waals surface area contributed by atoms with E-state index in [0.717, 1.165) is 17.5 Å². The second-order valence-electron chi connectivity index (χ2n) is 8.40. The molecular weight excluding hydrogens is 568 g/mol. The number of carbonyl (C=O) groups is 4. The average Bonchev–Trinajstić information content (AvgIpc) is 3.38. The largest absolute Gasteiger partial charge is 0.490 e. The number of hydrogen-bond donors (Lipinski definition) is 5. The molecule has 1 aromatic heterocycles. The third-order valence-electron chi connectivity index (χ3n) is 5.25. The molecular formula is C24H27F6N5O6. The second-order valence-corrected chi connectivity index (χ2v) is 8.40. The monoisotopic (exact) mass is 595 g/mol. The van der Waals surface area contributed by atoms with Crippen LogP contribution in [0.5, 0.6) is 0 Å². The van der Waals surface area contributed by atoms with Gasteiger partial charge in [0.2, 0.25) is 11.8 Å². The number of nitrogen functional groups attached to an aromatic ring is 1. The van der Waals surface area contributed by atoms with E-state index in [1.165, 1.54) is 0 Å².